The molecule has 42 heavy (non-hydrogen) atoms. The van der Waals surface area contributed by atoms with Gasteiger partial charge >= 0.3 is 0 Å². The predicted molar refractivity (Wildman–Crippen MR) is 151 cm³/mol. The van der Waals surface area contributed by atoms with Crippen LogP contribution in [0.25, 0.3) is 5.57 Å². The Kier molecular flexibility index (Phi) is 6.59. The van der Waals surface area contributed by atoms with Crippen LogP contribution in [0.3, 0.4) is 0 Å². The summed E-state index contributed by atoms with van der Waals surface area (Å²) in [6, 6.07) is 0. The van der Waals surface area contributed by atoms with Crippen LogP contribution in [0.4, 0.5) is 0 Å². The lowest BCUT2D eigenvalue weighted by Crippen LogP contribution is -2.53. The third-order valence-corrected chi connectivity index (χ3v) is 9.47. The van der Waals surface area contributed by atoms with E-state index in [-0.39, 0.29) is 62.5 Å². The molecule has 0 aromatic heterocycles. The van der Waals surface area contributed by atoms with Crippen LogP contribution in [0, 0.1) is 5.41 Å². The fourth-order valence-corrected chi connectivity index (χ4v) is 6.50. The van der Waals surface area contributed by atoms with E-state index < -0.39 is 58.3 Å². The summed E-state index contributed by atoms with van der Waals surface area (Å²) in [5.41, 5.74) is -2.47. The molecule has 2 atom stereocenters. The standard InChI is InChI=1S/C32H34O10/c1-12-8-9-16(14(3)34)24(35)18(19(12)11-33)10-17-13(2)20-21-22(25(17)36)26(37)28(41-7)27(38)23(21)29(39)32(40)30(20)42-15(4)31(32,5)6/h9,15,33,35,37-38,40H,8,10-11H2,1-7H3. The molecule has 3 aliphatic carbocycles. The van der Waals surface area contributed by atoms with E-state index in [4.69, 9.17) is 9.47 Å². The number of hydrogen-bond acceptors (Lipinski definition) is 10. The van der Waals surface area contributed by atoms with Gasteiger partial charge in [0, 0.05) is 34.1 Å². The van der Waals surface area contributed by atoms with Gasteiger partial charge in [0.2, 0.25) is 11.5 Å². The number of rotatable bonds is 5. The molecule has 1 aliphatic heterocycles. The smallest absolute Gasteiger partial charge is 0.207 e. The van der Waals surface area contributed by atoms with E-state index in [0.29, 0.717) is 17.6 Å². The first-order valence-electron chi connectivity index (χ1n) is 13.6. The summed E-state index contributed by atoms with van der Waals surface area (Å²) in [7, 11) is 1.16. The van der Waals surface area contributed by atoms with Gasteiger partial charge in [-0.1, -0.05) is 25.5 Å². The molecule has 222 valence electrons. The Morgan fingerprint density at radius 1 is 1.05 bits per heavy atom. The third-order valence-electron chi connectivity index (χ3n) is 9.47. The van der Waals surface area contributed by atoms with Gasteiger partial charge in [0.05, 0.1) is 30.4 Å². The zero-order chi connectivity index (χ0) is 31.2. The molecule has 2 unspecified atom stereocenters. The minimum absolute atomic E-state index is 0.0424. The van der Waals surface area contributed by atoms with Gasteiger partial charge in [-0.2, -0.15) is 0 Å². The van der Waals surface area contributed by atoms with Crippen LogP contribution in [-0.2, 0) is 9.53 Å². The number of aliphatic hydroxyl groups is 3. The molecule has 10 heteroatoms. The highest BCUT2D eigenvalue weighted by atomic mass is 16.5. The summed E-state index contributed by atoms with van der Waals surface area (Å²) in [6.07, 6.45) is 0.919. The molecular formula is C32H34O10. The molecule has 0 amide bonds. The number of Topliss-reactive ketones (excluding diaryl/α,β-unsaturated/α-hetero) is 3. The lowest BCUT2D eigenvalue weighted by Gasteiger charge is -2.40. The van der Waals surface area contributed by atoms with Crippen LogP contribution in [0.1, 0.15) is 80.7 Å². The highest BCUT2D eigenvalue weighted by molar-refractivity contribution is 6.26. The number of methoxy groups -OCH3 is 1. The monoisotopic (exact) mass is 578 g/mol. The van der Waals surface area contributed by atoms with Crippen molar-refractivity contribution in [3.8, 4) is 17.2 Å². The second kappa shape index (κ2) is 9.43. The second-order valence-electron chi connectivity index (χ2n) is 11.8. The van der Waals surface area contributed by atoms with Gasteiger partial charge in [0.1, 0.15) is 17.6 Å². The molecule has 5 N–H and O–H groups in total. The van der Waals surface area contributed by atoms with E-state index in [2.05, 4.69) is 0 Å². The van der Waals surface area contributed by atoms with Gasteiger partial charge in [-0.25, -0.2) is 0 Å². The molecule has 0 radical (unpaired) electrons. The van der Waals surface area contributed by atoms with Gasteiger partial charge in [0.25, 0.3) is 0 Å². The highest BCUT2D eigenvalue weighted by Crippen LogP contribution is 2.62. The number of benzene rings is 1. The van der Waals surface area contributed by atoms with E-state index in [1.807, 2.05) is 0 Å². The Morgan fingerprint density at radius 2 is 1.67 bits per heavy atom. The summed E-state index contributed by atoms with van der Waals surface area (Å²) < 4.78 is 11.3. The summed E-state index contributed by atoms with van der Waals surface area (Å²) in [5.74, 6) is -4.44. The van der Waals surface area contributed by atoms with Crippen LogP contribution < -0.4 is 4.74 Å². The first-order valence-corrected chi connectivity index (χ1v) is 13.6. The Bertz CT molecular complexity index is 1680. The summed E-state index contributed by atoms with van der Waals surface area (Å²) in [6.45, 7) is 9.16. The Morgan fingerprint density at radius 3 is 2.24 bits per heavy atom. The summed E-state index contributed by atoms with van der Waals surface area (Å²) in [5, 5.41) is 56.0. The van der Waals surface area contributed by atoms with Crippen molar-refractivity contribution >= 4 is 22.9 Å². The van der Waals surface area contributed by atoms with Gasteiger partial charge in [0.15, 0.2) is 28.7 Å². The van der Waals surface area contributed by atoms with Gasteiger partial charge in [-0.15, -0.1) is 0 Å². The number of carbonyl (C=O) groups excluding carboxylic acids is 3. The number of carbonyl (C=O) groups is 3. The molecule has 1 fully saturated rings. The highest BCUT2D eigenvalue weighted by Gasteiger charge is 2.66. The largest absolute Gasteiger partial charge is 0.507 e. The topological polar surface area (TPSA) is 171 Å². The van der Waals surface area contributed by atoms with Crippen molar-refractivity contribution in [1.29, 1.82) is 0 Å². The van der Waals surface area contributed by atoms with Gasteiger partial charge in [-0.3, -0.25) is 14.4 Å². The number of allylic oxidation sites excluding steroid dienone is 6. The number of fused-ring (bicyclic) bond motifs is 1. The summed E-state index contributed by atoms with van der Waals surface area (Å²) in [4.78, 5) is 40.7. The molecule has 0 saturated carbocycles. The molecule has 1 aromatic rings. The first-order chi connectivity index (χ1) is 19.6. The van der Waals surface area contributed by atoms with E-state index in [9.17, 15) is 39.9 Å². The van der Waals surface area contributed by atoms with Crippen LogP contribution in [0.5, 0.6) is 17.2 Å². The maximum absolute atomic E-state index is 14.2. The van der Waals surface area contributed by atoms with Crippen molar-refractivity contribution in [2.24, 2.45) is 5.41 Å². The average Bonchev–Trinajstić information content (AvgIpc) is 3.01. The Labute approximate surface area is 242 Å². The van der Waals surface area contributed by atoms with Crippen LogP contribution >= 0.6 is 0 Å². The van der Waals surface area contributed by atoms with Crippen molar-refractivity contribution < 1.29 is 49.4 Å². The van der Waals surface area contributed by atoms with Crippen molar-refractivity contribution in [3.63, 3.8) is 0 Å². The quantitative estimate of drug-likeness (QED) is 0.342. The number of ketones is 3. The molecule has 1 aromatic carbocycles. The van der Waals surface area contributed by atoms with E-state index in [1.165, 1.54) is 6.92 Å². The molecule has 1 heterocycles. The molecule has 1 saturated heterocycles. The second-order valence-corrected chi connectivity index (χ2v) is 11.8. The Hall–Kier alpha value is -4.15. The maximum atomic E-state index is 14.2. The number of phenols is 2. The van der Waals surface area contributed by atoms with Crippen LogP contribution in [0.2, 0.25) is 0 Å². The molecule has 4 aliphatic rings. The minimum atomic E-state index is -2.24. The average molecular weight is 579 g/mol. The molecular weight excluding hydrogens is 544 g/mol. The van der Waals surface area contributed by atoms with Crippen LogP contribution in [-0.4, -0.2) is 68.3 Å². The Balaban J connectivity index is 1.89. The number of hydrogen-bond donors (Lipinski definition) is 5. The number of ether oxygens (including phenoxy) is 2. The zero-order valence-electron chi connectivity index (χ0n) is 24.6. The normalized spacial score (nSPS) is 24.9. The lowest BCUT2D eigenvalue weighted by molar-refractivity contribution is -0.113. The van der Waals surface area contributed by atoms with Crippen molar-refractivity contribution in [3.05, 3.63) is 67.7 Å². The first kappa shape index (κ1) is 29.3. The van der Waals surface area contributed by atoms with E-state index in [1.54, 1.807) is 40.7 Å². The number of phenolic OH excluding ortho intramolecular Hbond substituents is 2. The van der Waals surface area contributed by atoms with Crippen molar-refractivity contribution in [1.82, 2.24) is 0 Å². The predicted octanol–water partition coefficient (Wildman–Crippen LogP) is 4.13. The maximum Gasteiger partial charge on any atom is 0.207 e. The van der Waals surface area contributed by atoms with Crippen molar-refractivity contribution in [2.45, 2.75) is 66.1 Å². The lowest BCUT2D eigenvalue weighted by atomic mass is 9.62. The number of aromatic hydroxyl groups is 2. The minimum Gasteiger partial charge on any atom is -0.507 e. The molecule has 0 spiro atoms. The number of aliphatic hydroxyl groups excluding tert-OH is 2. The fourth-order valence-electron chi connectivity index (χ4n) is 6.50. The fraction of sp³-hybridized carbons (Fsp3) is 0.406. The van der Waals surface area contributed by atoms with Crippen molar-refractivity contribution in [2.75, 3.05) is 13.7 Å². The molecule has 5 rings (SSSR count). The SMILES string of the molecule is COc1c(O)c2c3c(c1O)C(=O)C1(O)C(=C3C(C)=C(CC3=C(O)C(C(C)=O)=CCC(C)=C3CO)C2=O)OC(C)C1(C)C. The van der Waals surface area contributed by atoms with Gasteiger partial charge in [-0.05, 0) is 45.3 Å². The van der Waals surface area contributed by atoms with Gasteiger partial charge < -0.3 is 35.0 Å². The van der Waals surface area contributed by atoms with E-state index in [0.717, 1.165) is 7.11 Å². The molecule has 10 nitrogen and oxygen atoms in total. The summed E-state index contributed by atoms with van der Waals surface area (Å²) >= 11 is 0. The van der Waals surface area contributed by atoms with Crippen LogP contribution in [0.15, 0.2) is 51.0 Å². The zero-order valence-corrected chi connectivity index (χ0v) is 24.6. The molecule has 0 bridgehead atoms. The van der Waals surface area contributed by atoms with E-state index >= 15 is 0 Å². The third kappa shape index (κ3) is 3.48.